The number of rotatable bonds is 5. The van der Waals surface area contributed by atoms with Crippen LogP contribution in [0.1, 0.15) is 300 Å². The Hall–Kier alpha value is -8.15. The summed E-state index contributed by atoms with van der Waals surface area (Å²) in [5.41, 5.74) is 37.2. The minimum atomic E-state index is -0.456. The van der Waals surface area contributed by atoms with Crippen molar-refractivity contribution in [3.8, 4) is 56.3 Å². The van der Waals surface area contributed by atoms with Gasteiger partial charge in [0.1, 0.15) is 35.2 Å². The molecule has 5 heterocycles. The van der Waals surface area contributed by atoms with E-state index in [1.165, 1.54) is 162 Å². The highest BCUT2D eigenvalue weighted by Crippen LogP contribution is 2.69. The van der Waals surface area contributed by atoms with Gasteiger partial charge in [0.15, 0.2) is 31.0 Å². The molecule has 0 saturated heterocycles. The molecule has 110 heavy (non-hydrogen) atoms. The Morgan fingerprint density at radius 1 is 0.336 bits per heavy atom. The van der Waals surface area contributed by atoms with Crippen molar-refractivity contribution in [2.75, 3.05) is 0 Å². The summed E-state index contributed by atoms with van der Waals surface area (Å²) >= 11 is 0. The third-order valence-corrected chi connectivity index (χ3v) is 28.7. The Morgan fingerprint density at radius 3 is 1.21 bits per heavy atom. The molecule has 3 saturated carbocycles. The van der Waals surface area contributed by atoms with Crippen molar-refractivity contribution in [1.82, 2.24) is 0 Å². The summed E-state index contributed by atoms with van der Waals surface area (Å²) in [6.07, 6.45) is 22.9. The van der Waals surface area contributed by atoms with E-state index in [0.717, 1.165) is 30.6 Å². The first-order valence-electron chi connectivity index (χ1n) is 40.3. The zero-order valence-corrected chi connectivity index (χ0v) is 68.7. The van der Waals surface area contributed by atoms with Gasteiger partial charge < -0.3 is 0 Å². The van der Waals surface area contributed by atoms with Crippen LogP contribution in [0.3, 0.4) is 0 Å². The fourth-order valence-corrected chi connectivity index (χ4v) is 22.5. The van der Waals surface area contributed by atoms with E-state index in [1.54, 1.807) is 22.3 Å². The van der Waals surface area contributed by atoms with Crippen LogP contribution in [-0.4, -0.2) is 0 Å². The topological polar surface area (TPSA) is 19.4 Å². The summed E-state index contributed by atoms with van der Waals surface area (Å²) in [4.78, 5) is 0. The second-order valence-corrected chi connectivity index (χ2v) is 37.8. The molecule has 0 N–H and O–H groups in total. The predicted octanol–water partition coefficient (Wildman–Crippen LogP) is 25.2. The van der Waals surface area contributed by atoms with Gasteiger partial charge in [-0.2, -0.15) is 0 Å². The molecule has 8 aliphatic rings. The van der Waals surface area contributed by atoms with Gasteiger partial charge in [-0.05, 0) is 235 Å². The maximum Gasteiger partial charge on any atom is 0.216 e. The van der Waals surface area contributed by atoms with Crippen molar-refractivity contribution in [3.63, 3.8) is 0 Å². The van der Waals surface area contributed by atoms with Gasteiger partial charge in [0.05, 0.1) is 0 Å². The molecule has 8 aliphatic carbocycles. The molecule has 5 nitrogen and oxygen atoms in total. The highest BCUT2D eigenvalue weighted by molar-refractivity contribution is 5.71. The number of fused-ring (bicyclic) bond motifs is 17. The number of benzene rings is 5. The van der Waals surface area contributed by atoms with Crippen LogP contribution in [0.25, 0.3) is 56.3 Å². The van der Waals surface area contributed by atoms with Crippen molar-refractivity contribution in [1.29, 1.82) is 0 Å². The van der Waals surface area contributed by atoms with Crippen LogP contribution in [0.15, 0.2) is 183 Å². The molecule has 18 rings (SSSR count). The maximum atomic E-state index is 9.25. The molecule has 10 aromatic rings. The van der Waals surface area contributed by atoms with Crippen LogP contribution in [0.5, 0.6) is 0 Å². The van der Waals surface area contributed by atoms with E-state index in [9.17, 15) is 1.37 Å². The van der Waals surface area contributed by atoms with Gasteiger partial charge in [0, 0.05) is 98.2 Å². The van der Waals surface area contributed by atoms with Gasteiger partial charge in [0.2, 0.25) is 28.5 Å². The Labute approximate surface area is 671 Å². The van der Waals surface area contributed by atoms with E-state index >= 15 is 0 Å². The van der Waals surface area contributed by atoms with E-state index in [-0.39, 0.29) is 69.6 Å². The van der Waals surface area contributed by atoms with Crippen LogP contribution in [0, 0.1) is 45.4 Å². The number of nitrogens with zero attached hydrogens (tertiary/aromatic N) is 5. The lowest BCUT2D eigenvalue weighted by molar-refractivity contribution is -0.661. The fourth-order valence-electron chi connectivity index (χ4n) is 22.5. The lowest BCUT2D eigenvalue weighted by atomic mass is 9.69. The number of hydrogen-bond acceptors (Lipinski definition) is 0. The molecule has 3 fully saturated rings. The highest BCUT2D eigenvalue weighted by Gasteiger charge is 2.62. The van der Waals surface area contributed by atoms with Crippen molar-refractivity contribution in [2.24, 2.45) is 46.1 Å². The van der Waals surface area contributed by atoms with E-state index < -0.39 is 5.89 Å². The molecule has 5 aromatic carbocycles. The summed E-state index contributed by atoms with van der Waals surface area (Å²) in [7, 11) is 10.9. The average Bonchev–Trinajstić information content (AvgIpc) is 1.49. The fraction of sp³-hybridized carbons (Fsp3) is 0.476. The monoisotopic (exact) mass is 1480 g/mol. The molecular weight excluding hydrogens is 1330 g/mol. The van der Waals surface area contributed by atoms with Crippen LogP contribution >= 0.6 is 0 Å². The van der Waals surface area contributed by atoms with E-state index in [2.05, 4.69) is 372 Å². The Bertz CT molecular complexity index is 5150. The third kappa shape index (κ3) is 14.0. The Kier molecular flexibility index (Phi) is 23.6. The van der Waals surface area contributed by atoms with E-state index in [1.807, 2.05) is 0 Å². The van der Waals surface area contributed by atoms with Crippen LogP contribution in [-0.2, 0) is 67.7 Å². The molecule has 0 spiro atoms. The van der Waals surface area contributed by atoms with Crippen LogP contribution in [0.2, 0.25) is 0 Å². The van der Waals surface area contributed by atoms with E-state index in [4.69, 9.17) is 0 Å². The largest absolute Gasteiger partial charge is 0.216 e. The van der Waals surface area contributed by atoms with Gasteiger partial charge in [-0.25, -0.2) is 22.8 Å². The molecule has 6 bridgehead atoms. The molecule has 584 valence electrons. The zero-order chi connectivity index (χ0) is 76.1. The molecule has 6 atom stereocenters. The van der Waals surface area contributed by atoms with Gasteiger partial charge in [-0.15, -0.1) is 0 Å². The highest BCUT2D eigenvalue weighted by atomic mass is 15.0. The van der Waals surface area contributed by atoms with Crippen molar-refractivity contribution in [2.45, 2.75) is 283 Å². The number of aromatic nitrogens is 5. The Morgan fingerprint density at radius 2 is 0.709 bits per heavy atom. The standard InChI is InChI=1S/2C21H26N.2C20H26N.C18H20N.5CH4/c2*1-14-8-6-7-9-15(14)19-12-16-17-10-11-21(4,20(17,2)3)18(16)13-22(19)5;1-14-9-7-8-10-15(14)18-11-16-17(12-21(18)6)20(4,5)13-19(16,2)3;1-14-9-7-8-10-15(14)18-17-16(11-12-21(18)6)19(2,3)13-20(17,4)5;1-12-5-3-4-6-15(12)18-17-14-8-7-13(11-14)16(17)9-10-19(18)2;;;;;/h2*6-9,12-13,17H,10-11H2,1-5H3;2*7-12H,13H2,1-6H3;3-6,9-10,13-14H,7-8,11H2,1-2H3;5*1H4/q5*+1;;;;;/i17D;;;;;;;;;. The van der Waals surface area contributed by atoms with Crippen LogP contribution < -0.4 is 22.8 Å². The van der Waals surface area contributed by atoms with Gasteiger partial charge in [-0.1, -0.05) is 225 Å². The Balaban J connectivity index is 0.000000158. The number of hydrogen-bond donors (Lipinski definition) is 0. The van der Waals surface area contributed by atoms with Gasteiger partial charge in [0.25, 0.3) is 0 Å². The molecule has 5 heteroatoms. The minimum Gasteiger partial charge on any atom is -0.201 e. The third-order valence-electron chi connectivity index (χ3n) is 28.7. The lowest BCUT2D eigenvalue weighted by Gasteiger charge is -2.34. The summed E-state index contributed by atoms with van der Waals surface area (Å²) in [5.74, 6) is 1.91. The number of pyridine rings is 5. The molecule has 6 unspecified atom stereocenters. The molecule has 0 aliphatic heterocycles. The second-order valence-electron chi connectivity index (χ2n) is 37.8. The average molecular weight is 1480 g/mol. The maximum absolute atomic E-state index is 9.25. The quantitative estimate of drug-likeness (QED) is 0.153. The first kappa shape index (κ1) is 84.3. The minimum absolute atomic E-state index is 0. The van der Waals surface area contributed by atoms with Gasteiger partial charge >= 0.3 is 0 Å². The number of aryl methyl sites for hydroxylation is 10. The van der Waals surface area contributed by atoms with Crippen molar-refractivity contribution >= 4 is 0 Å². The van der Waals surface area contributed by atoms with Gasteiger partial charge in [-0.3, -0.25) is 0 Å². The summed E-state index contributed by atoms with van der Waals surface area (Å²) < 4.78 is 20.8. The normalized spacial score (nSPS) is 23.2. The first-order valence-corrected chi connectivity index (χ1v) is 39.8. The smallest absolute Gasteiger partial charge is 0.201 e. The summed E-state index contributed by atoms with van der Waals surface area (Å²) in [6, 6.07) is 55.3. The summed E-state index contributed by atoms with van der Waals surface area (Å²) in [6.45, 7) is 44.4. The second kappa shape index (κ2) is 30.7. The van der Waals surface area contributed by atoms with Crippen LogP contribution in [0.4, 0.5) is 0 Å². The molecule has 0 amide bonds. The molecular formula is C105H144N5+5. The predicted molar refractivity (Wildman–Crippen MR) is 469 cm³/mol. The van der Waals surface area contributed by atoms with E-state index in [0.29, 0.717) is 10.8 Å². The lowest BCUT2D eigenvalue weighted by Crippen LogP contribution is -2.36. The zero-order valence-electron chi connectivity index (χ0n) is 69.7. The molecule has 0 radical (unpaired) electrons. The first-order chi connectivity index (χ1) is 49.8. The SMILES string of the molecule is C.C.C.C.C.Cc1ccccc1-c1c2c(cc[n+]1C)C(C)(C)CC2(C)C.Cc1ccccc1-c1c2c(cc[n+]1C)C1CCC2C1.Cc1ccccc1-c1cc2c(c[n+]1C)C(C)(C)CC2(C)C.Cc1ccccc1-c1cc2c(c[n+]1C)C1(C)CCC2C1(C)C.[2H]C12CCC(C)(c3c[n+](C)c(-c4ccccc4C)cc31)C2(C)C. The van der Waals surface area contributed by atoms with Crippen molar-refractivity contribution < 1.29 is 24.2 Å². The summed E-state index contributed by atoms with van der Waals surface area (Å²) in [5, 5.41) is 0. The van der Waals surface area contributed by atoms with Crippen molar-refractivity contribution in [3.05, 3.63) is 266 Å². The molecule has 5 aromatic heterocycles.